The summed E-state index contributed by atoms with van der Waals surface area (Å²) in [7, 11) is 0. The molecule has 1 amide bonds. The van der Waals surface area contributed by atoms with Crippen molar-refractivity contribution in [3.8, 4) is 0 Å². The van der Waals surface area contributed by atoms with Crippen LogP contribution in [0.2, 0.25) is 5.02 Å². The molecule has 0 heterocycles. The van der Waals surface area contributed by atoms with Crippen molar-refractivity contribution in [3.63, 3.8) is 0 Å². The number of nitrogens with two attached hydrogens (primary N) is 1. The number of hydrogen-bond acceptors (Lipinski definition) is 3. The zero-order chi connectivity index (χ0) is 15.9. The third-order valence-electron chi connectivity index (χ3n) is 3.32. The lowest BCUT2D eigenvalue weighted by Crippen LogP contribution is -2.55. The van der Waals surface area contributed by atoms with Gasteiger partial charge in [0.2, 0.25) is 5.91 Å². The van der Waals surface area contributed by atoms with Gasteiger partial charge in [0, 0.05) is 10.9 Å². The molecule has 5 heteroatoms. The molecule has 0 aliphatic carbocycles. The van der Waals surface area contributed by atoms with Crippen LogP contribution in [0.1, 0.15) is 40.0 Å². The van der Waals surface area contributed by atoms with Gasteiger partial charge in [-0.1, -0.05) is 30.2 Å². The first-order valence-electron chi connectivity index (χ1n) is 7.30. The summed E-state index contributed by atoms with van der Waals surface area (Å²) >= 11 is 7.87. The topological polar surface area (TPSA) is 55.1 Å². The van der Waals surface area contributed by atoms with Gasteiger partial charge in [0.05, 0.1) is 10.6 Å². The lowest BCUT2D eigenvalue weighted by Gasteiger charge is -2.29. The molecule has 21 heavy (non-hydrogen) atoms. The highest BCUT2D eigenvalue weighted by Gasteiger charge is 2.30. The average molecular weight is 329 g/mol. The summed E-state index contributed by atoms with van der Waals surface area (Å²) in [6, 6.07) is 8.09. The first-order chi connectivity index (χ1) is 9.85. The Labute approximate surface area is 137 Å². The number of rotatable bonds is 9. The van der Waals surface area contributed by atoms with E-state index in [1.165, 1.54) is 0 Å². The molecule has 1 unspecified atom stereocenters. The van der Waals surface area contributed by atoms with Crippen molar-refractivity contribution in [1.82, 2.24) is 5.32 Å². The molecule has 1 rings (SSSR count). The number of unbranched alkanes of at least 4 members (excludes halogenated alkanes) is 1. The van der Waals surface area contributed by atoms with Gasteiger partial charge in [-0.2, -0.15) is 0 Å². The standard InChI is InChI=1S/C16H25ClN2OS/c1-12(2)19-16(3,15(18)20)10-6-7-11-21-14-9-5-4-8-13(14)17/h4-5,8-9,12,19H,6-7,10-11H2,1-3H3,(H2,18,20). The van der Waals surface area contributed by atoms with E-state index in [1.54, 1.807) is 11.8 Å². The number of hydrogen-bond donors (Lipinski definition) is 2. The molecule has 118 valence electrons. The highest BCUT2D eigenvalue weighted by Crippen LogP contribution is 2.27. The predicted molar refractivity (Wildman–Crippen MR) is 91.9 cm³/mol. The monoisotopic (exact) mass is 328 g/mol. The zero-order valence-electron chi connectivity index (χ0n) is 13.0. The Morgan fingerprint density at radius 2 is 2.05 bits per heavy atom. The Morgan fingerprint density at radius 1 is 1.38 bits per heavy atom. The molecule has 1 aromatic carbocycles. The first-order valence-corrected chi connectivity index (χ1v) is 8.66. The molecule has 3 N–H and O–H groups in total. The number of nitrogens with one attached hydrogen (secondary N) is 1. The number of thioether (sulfide) groups is 1. The van der Waals surface area contributed by atoms with Crippen molar-refractivity contribution in [2.45, 2.75) is 56.5 Å². The van der Waals surface area contributed by atoms with E-state index < -0.39 is 5.54 Å². The molecule has 1 aromatic rings. The SMILES string of the molecule is CC(C)NC(C)(CCCCSc1ccccc1Cl)C(N)=O. The number of primary amides is 1. The Hall–Kier alpha value is -0.710. The van der Waals surface area contributed by atoms with Crippen LogP contribution in [0.4, 0.5) is 0 Å². The second kappa shape index (κ2) is 8.66. The maximum atomic E-state index is 11.6. The van der Waals surface area contributed by atoms with Crippen LogP contribution in [-0.2, 0) is 4.79 Å². The quantitative estimate of drug-likeness (QED) is 0.535. The van der Waals surface area contributed by atoms with E-state index in [1.807, 2.05) is 45.0 Å². The second-order valence-corrected chi connectivity index (χ2v) is 7.28. The molecule has 0 aliphatic rings. The molecule has 0 bridgehead atoms. The minimum absolute atomic E-state index is 0.236. The first kappa shape index (κ1) is 18.3. The molecule has 0 aromatic heterocycles. The summed E-state index contributed by atoms with van der Waals surface area (Å²) in [6.45, 7) is 5.93. The van der Waals surface area contributed by atoms with E-state index in [0.29, 0.717) is 0 Å². The zero-order valence-corrected chi connectivity index (χ0v) is 14.6. The Balaban J connectivity index is 2.35. The van der Waals surface area contributed by atoms with Crippen molar-refractivity contribution in [2.24, 2.45) is 5.73 Å². The van der Waals surface area contributed by atoms with Crippen LogP contribution in [-0.4, -0.2) is 23.2 Å². The number of carbonyl (C=O) groups excluding carboxylic acids is 1. The van der Waals surface area contributed by atoms with E-state index in [4.69, 9.17) is 17.3 Å². The minimum Gasteiger partial charge on any atom is -0.368 e. The summed E-state index contributed by atoms with van der Waals surface area (Å²) in [4.78, 5) is 12.7. The lowest BCUT2D eigenvalue weighted by molar-refractivity contribution is -0.124. The molecule has 1 atom stereocenters. The number of benzene rings is 1. The van der Waals surface area contributed by atoms with Crippen molar-refractivity contribution in [3.05, 3.63) is 29.3 Å². The van der Waals surface area contributed by atoms with Crippen LogP contribution in [0.5, 0.6) is 0 Å². The van der Waals surface area contributed by atoms with Crippen molar-refractivity contribution in [1.29, 1.82) is 0 Å². The van der Waals surface area contributed by atoms with Gasteiger partial charge in [-0.05, 0) is 51.5 Å². The van der Waals surface area contributed by atoms with Crippen LogP contribution in [0.15, 0.2) is 29.2 Å². The Kier molecular flexibility index (Phi) is 7.57. The number of carbonyl (C=O) groups is 1. The predicted octanol–water partition coefficient (Wildman–Crippen LogP) is 3.84. The van der Waals surface area contributed by atoms with Crippen LogP contribution >= 0.6 is 23.4 Å². The summed E-state index contributed by atoms with van der Waals surface area (Å²) in [6.07, 6.45) is 2.73. The number of amides is 1. The van der Waals surface area contributed by atoms with Crippen molar-refractivity contribution < 1.29 is 4.79 Å². The third kappa shape index (κ3) is 6.29. The minimum atomic E-state index is -0.622. The van der Waals surface area contributed by atoms with Gasteiger partial charge in [0.25, 0.3) is 0 Å². The van der Waals surface area contributed by atoms with Gasteiger partial charge < -0.3 is 11.1 Å². The van der Waals surface area contributed by atoms with Gasteiger partial charge in [-0.3, -0.25) is 4.79 Å². The summed E-state index contributed by atoms with van der Waals surface area (Å²) in [5, 5.41) is 4.07. The molecular weight excluding hydrogens is 304 g/mol. The summed E-state index contributed by atoms with van der Waals surface area (Å²) in [5.74, 6) is 0.704. The van der Waals surface area contributed by atoms with Crippen LogP contribution in [0.25, 0.3) is 0 Å². The molecule has 0 spiro atoms. The normalized spacial score (nSPS) is 14.1. The van der Waals surface area contributed by atoms with E-state index in [-0.39, 0.29) is 11.9 Å². The molecule has 0 aliphatic heterocycles. The average Bonchev–Trinajstić information content (AvgIpc) is 2.39. The Morgan fingerprint density at radius 3 is 2.62 bits per heavy atom. The fourth-order valence-corrected chi connectivity index (χ4v) is 3.48. The maximum Gasteiger partial charge on any atom is 0.237 e. The van der Waals surface area contributed by atoms with Gasteiger partial charge in [-0.25, -0.2) is 0 Å². The van der Waals surface area contributed by atoms with Gasteiger partial charge in [0.1, 0.15) is 0 Å². The fourth-order valence-electron chi connectivity index (χ4n) is 2.23. The fraction of sp³-hybridized carbons (Fsp3) is 0.562. The van der Waals surface area contributed by atoms with Gasteiger partial charge in [0.15, 0.2) is 0 Å². The van der Waals surface area contributed by atoms with Crippen molar-refractivity contribution in [2.75, 3.05) is 5.75 Å². The molecule has 0 saturated heterocycles. The molecule has 0 saturated carbocycles. The highest BCUT2D eigenvalue weighted by atomic mass is 35.5. The maximum absolute atomic E-state index is 11.6. The van der Waals surface area contributed by atoms with Crippen molar-refractivity contribution >= 4 is 29.3 Å². The third-order valence-corrected chi connectivity index (χ3v) is 4.92. The summed E-state index contributed by atoms with van der Waals surface area (Å²) in [5.41, 5.74) is 4.90. The van der Waals surface area contributed by atoms with Gasteiger partial charge >= 0.3 is 0 Å². The van der Waals surface area contributed by atoms with Crippen LogP contribution in [0, 0.1) is 0 Å². The van der Waals surface area contributed by atoms with Gasteiger partial charge in [-0.15, -0.1) is 11.8 Å². The van der Waals surface area contributed by atoms with E-state index >= 15 is 0 Å². The molecule has 0 radical (unpaired) electrons. The number of halogens is 1. The lowest BCUT2D eigenvalue weighted by atomic mass is 9.93. The molecule has 0 fully saturated rings. The smallest absolute Gasteiger partial charge is 0.237 e. The summed E-state index contributed by atoms with van der Waals surface area (Å²) < 4.78 is 0. The van der Waals surface area contributed by atoms with E-state index in [2.05, 4.69) is 5.32 Å². The molecular formula is C16H25ClN2OS. The van der Waals surface area contributed by atoms with Crippen LogP contribution < -0.4 is 11.1 Å². The van der Waals surface area contributed by atoms with E-state index in [0.717, 1.165) is 34.9 Å². The molecule has 3 nitrogen and oxygen atoms in total. The van der Waals surface area contributed by atoms with E-state index in [9.17, 15) is 4.79 Å². The highest BCUT2D eigenvalue weighted by molar-refractivity contribution is 7.99. The largest absolute Gasteiger partial charge is 0.368 e. The van der Waals surface area contributed by atoms with Crippen LogP contribution in [0.3, 0.4) is 0 Å². The Bertz CT molecular complexity index is 467. The second-order valence-electron chi connectivity index (χ2n) is 5.73.